The minimum atomic E-state index is 0.239. The van der Waals surface area contributed by atoms with Crippen LogP contribution >= 0.6 is 0 Å². The summed E-state index contributed by atoms with van der Waals surface area (Å²) in [6.07, 6.45) is 5.53. The van der Waals surface area contributed by atoms with E-state index in [0.717, 1.165) is 23.2 Å². The fourth-order valence-corrected chi connectivity index (χ4v) is 7.23. The van der Waals surface area contributed by atoms with Crippen LogP contribution in [0.25, 0.3) is 72.0 Å². The lowest BCUT2D eigenvalue weighted by molar-refractivity contribution is 0.522. The summed E-state index contributed by atoms with van der Waals surface area (Å²) < 4.78 is 6.24. The molecule has 0 bridgehead atoms. The molecule has 0 N–H and O–H groups in total. The highest BCUT2D eigenvalue weighted by Gasteiger charge is 2.21. The molecule has 0 fully saturated rings. The summed E-state index contributed by atoms with van der Waals surface area (Å²) in [5.74, 6) is 1.27. The van der Waals surface area contributed by atoms with Gasteiger partial charge in [-0.2, -0.15) is 0 Å². The zero-order chi connectivity index (χ0) is 29.7. The van der Waals surface area contributed by atoms with E-state index in [2.05, 4.69) is 152 Å². The first-order valence-electron chi connectivity index (χ1n) is 15.7. The van der Waals surface area contributed by atoms with Gasteiger partial charge >= 0.3 is 0 Å². The quantitative estimate of drug-likeness (QED) is 0.191. The van der Waals surface area contributed by atoms with Crippen LogP contribution in [0.15, 0.2) is 162 Å². The molecule has 1 aromatic heterocycles. The maximum atomic E-state index is 6.24. The van der Waals surface area contributed by atoms with E-state index in [1.807, 2.05) is 12.1 Å². The number of hydrogen-bond acceptors (Lipinski definition) is 1. The normalized spacial score (nSPS) is 14.3. The van der Waals surface area contributed by atoms with Gasteiger partial charge in [0.05, 0.1) is 0 Å². The topological polar surface area (TPSA) is 13.1 Å². The van der Waals surface area contributed by atoms with Crippen molar-refractivity contribution < 1.29 is 4.42 Å². The summed E-state index contributed by atoms with van der Waals surface area (Å²) in [7, 11) is 0. The van der Waals surface area contributed by atoms with Gasteiger partial charge in [-0.15, -0.1) is 0 Å². The second-order valence-electron chi connectivity index (χ2n) is 12.1. The minimum Gasteiger partial charge on any atom is -0.460 e. The average molecular weight is 575 g/mol. The van der Waals surface area contributed by atoms with Gasteiger partial charge < -0.3 is 4.42 Å². The number of furan rings is 1. The van der Waals surface area contributed by atoms with E-state index in [4.69, 9.17) is 4.42 Å². The summed E-state index contributed by atoms with van der Waals surface area (Å²) in [5.41, 5.74) is 11.1. The third kappa shape index (κ3) is 4.39. The van der Waals surface area contributed by atoms with Gasteiger partial charge in [-0.05, 0) is 96.7 Å². The van der Waals surface area contributed by atoms with Crippen LogP contribution in [0, 0.1) is 0 Å². The number of para-hydroxylation sites is 1. The molecule has 7 aromatic carbocycles. The Morgan fingerprint density at radius 3 is 1.78 bits per heavy atom. The Morgan fingerprint density at radius 2 is 1.07 bits per heavy atom. The van der Waals surface area contributed by atoms with Crippen molar-refractivity contribution >= 4 is 38.6 Å². The fourth-order valence-electron chi connectivity index (χ4n) is 7.23. The zero-order valence-corrected chi connectivity index (χ0v) is 24.8. The first-order valence-corrected chi connectivity index (χ1v) is 15.7. The molecule has 1 atom stereocenters. The minimum absolute atomic E-state index is 0.239. The molecule has 0 aliphatic heterocycles. The SMILES string of the molecule is C1=CC(c2cc3ccccc3o2)Cc2ccc(-c3c4ccccc4c(-c4cccc(-c5ccccc5)c4)c4ccccc34)cc21. The maximum Gasteiger partial charge on any atom is 0.134 e. The van der Waals surface area contributed by atoms with Crippen LogP contribution in [0.2, 0.25) is 0 Å². The van der Waals surface area contributed by atoms with Crippen molar-refractivity contribution in [3.63, 3.8) is 0 Å². The van der Waals surface area contributed by atoms with Gasteiger partial charge in [-0.25, -0.2) is 0 Å². The summed E-state index contributed by atoms with van der Waals surface area (Å²) in [4.78, 5) is 0. The molecule has 45 heavy (non-hydrogen) atoms. The Labute approximate surface area is 262 Å². The maximum absolute atomic E-state index is 6.24. The molecule has 0 saturated carbocycles. The lowest BCUT2D eigenvalue weighted by Crippen LogP contribution is -2.05. The Balaban J connectivity index is 1.18. The van der Waals surface area contributed by atoms with Crippen molar-refractivity contribution in [1.82, 2.24) is 0 Å². The van der Waals surface area contributed by atoms with Crippen molar-refractivity contribution in [2.24, 2.45) is 0 Å². The molecular weight excluding hydrogens is 544 g/mol. The molecule has 212 valence electrons. The third-order valence-corrected chi connectivity index (χ3v) is 9.38. The number of rotatable bonds is 4. The largest absolute Gasteiger partial charge is 0.460 e. The fraction of sp³-hybridized carbons (Fsp3) is 0.0455. The number of benzene rings is 7. The van der Waals surface area contributed by atoms with Gasteiger partial charge in [0, 0.05) is 11.3 Å². The van der Waals surface area contributed by atoms with Gasteiger partial charge in [0.2, 0.25) is 0 Å². The van der Waals surface area contributed by atoms with Gasteiger partial charge in [0.15, 0.2) is 0 Å². The molecule has 1 heterocycles. The summed E-state index contributed by atoms with van der Waals surface area (Å²) in [5, 5.41) is 6.26. The van der Waals surface area contributed by atoms with Crippen molar-refractivity contribution in [1.29, 1.82) is 0 Å². The summed E-state index contributed by atoms with van der Waals surface area (Å²) in [6, 6.07) is 54.9. The molecule has 1 nitrogen and oxygen atoms in total. The summed E-state index contributed by atoms with van der Waals surface area (Å²) in [6.45, 7) is 0. The molecule has 9 rings (SSSR count). The van der Waals surface area contributed by atoms with Gasteiger partial charge in [0.1, 0.15) is 11.3 Å². The highest BCUT2D eigenvalue weighted by molar-refractivity contribution is 6.21. The van der Waals surface area contributed by atoms with Crippen molar-refractivity contribution in [2.75, 3.05) is 0 Å². The third-order valence-electron chi connectivity index (χ3n) is 9.38. The van der Waals surface area contributed by atoms with Crippen LogP contribution in [-0.4, -0.2) is 0 Å². The molecule has 0 amide bonds. The van der Waals surface area contributed by atoms with Crippen LogP contribution in [-0.2, 0) is 6.42 Å². The lowest BCUT2D eigenvalue weighted by Gasteiger charge is -2.21. The predicted molar refractivity (Wildman–Crippen MR) is 189 cm³/mol. The van der Waals surface area contributed by atoms with E-state index < -0.39 is 0 Å². The Bertz CT molecular complexity index is 2320. The smallest absolute Gasteiger partial charge is 0.134 e. The first-order chi connectivity index (χ1) is 22.3. The first kappa shape index (κ1) is 25.8. The second kappa shape index (κ2) is 10.5. The van der Waals surface area contributed by atoms with Crippen molar-refractivity contribution in [3.05, 3.63) is 175 Å². The van der Waals surface area contributed by atoms with Crippen molar-refractivity contribution in [2.45, 2.75) is 12.3 Å². The highest BCUT2D eigenvalue weighted by atomic mass is 16.3. The molecule has 1 aliphatic rings. The second-order valence-corrected chi connectivity index (χ2v) is 12.1. The molecule has 1 aliphatic carbocycles. The van der Waals surface area contributed by atoms with E-state index in [9.17, 15) is 0 Å². The van der Waals surface area contributed by atoms with E-state index in [0.29, 0.717) is 0 Å². The van der Waals surface area contributed by atoms with Gasteiger partial charge in [-0.3, -0.25) is 0 Å². The average Bonchev–Trinajstić information content (AvgIpc) is 3.55. The molecule has 1 heteroatoms. The molecule has 0 saturated heterocycles. The zero-order valence-electron chi connectivity index (χ0n) is 24.8. The van der Waals surface area contributed by atoms with Crippen LogP contribution < -0.4 is 0 Å². The van der Waals surface area contributed by atoms with E-state index >= 15 is 0 Å². The lowest BCUT2D eigenvalue weighted by atomic mass is 9.83. The number of allylic oxidation sites excluding steroid dienone is 1. The standard InChI is InChI=1S/C44H30O/c1-2-11-29(12-3-1)30-14-10-15-35(26-30)43-37-16-5-7-18-39(37)44(40-19-8-6-17-38(40)43)36-24-22-31-25-34(23-21-32(31)27-36)42-28-33-13-4-9-20-41(33)45-42/h1-24,26-28,34H,25H2. The molecule has 1 unspecified atom stereocenters. The molecular formula is C44H30O. The van der Waals surface area contributed by atoms with Crippen LogP contribution in [0.3, 0.4) is 0 Å². The highest BCUT2D eigenvalue weighted by Crippen LogP contribution is 2.45. The Hall–Kier alpha value is -5.66. The number of hydrogen-bond donors (Lipinski definition) is 0. The van der Waals surface area contributed by atoms with Gasteiger partial charge in [-0.1, -0.05) is 140 Å². The van der Waals surface area contributed by atoms with E-state index in [1.54, 1.807) is 0 Å². The van der Waals surface area contributed by atoms with E-state index in [-0.39, 0.29) is 5.92 Å². The number of fused-ring (bicyclic) bond motifs is 4. The van der Waals surface area contributed by atoms with Crippen molar-refractivity contribution in [3.8, 4) is 33.4 Å². The van der Waals surface area contributed by atoms with E-state index in [1.165, 1.54) is 66.1 Å². The molecule has 0 radical (unpaired) electrons. The Kier molecular flexibility index (Phi) is 6.02. The van der Waals surface area contributed by atoms with Gasteiger partial charge in [0.25, 0.3) is 0 Å². The molecule has 0 spiro atoms. The van der Waals surface area contributed by atoms with Crippen LogP contribution in [0.1, 0.15) is 22.8 Å². The summed E-state index contributed by atoms with van der Waals surface area (Å²) >= 11 is 0. The monoisotopic (exact) mass is 574 g/mol. The van der Waals surface area contributed by atoms with Crippen LogP contribution in [0.5, 0.6) is 0 Å². The van der Waals surface area contributed by atoms with Crippen LogP contribution in [0.4, 0.5) is 0 Å². The molecule has 8 aromatic rings. The predicted octanol–water partition coefficient (Wildman–Crippen LogP) is 12.1. The Morgan fingerprint density at radius 1 is 0.467 bits per heavy atom.